The van der Waals surface area contributed by atoms with Gasteiger partial charge >= 0.3 is 0 Å². The molecule has 0 aromatic heterocycles. The Bertz CT molecular complexity index is 5290. The van der Waals surface area contributed by atoms with Crippen LogP contribution in [0.2, 0.25) is 0 Å². The van der Waals surface area contributed by atoms with E-state index in [9.17, 15) is 51.1 Å². The Morgan fingerprint density at radius 2 is 0.493 bits per heavy atom. The molecule has 0 radical (unpaired) electrons. The molecular formula is C118H172O26. The minimum atomic E-state index is -0.00979. The molecule has 0 spiro atoms. The van der Waals surface area contributed by atoms with Crippen molar-refractivity contribution in [1.29, 1.82) is 0 Å². The Labute approximate surface area is 857 Å². The molecule has 0 atom stereocenters. The van der Waals surface area contributed by atoms with Crippen LogP contribution in [0.4, 0.5) is 0 Å². The Hall–Kier alpha value is -10.4. The van der Waals surface area contributed by atoms with E-state index < -0.39 is 0 Å². The summed E-state index contributed by atoms with van der Waals surface area (Å²) in [6, 6.07) is 38.8. The van der Waals surface area contributed by atoms with Crippen LogP contribution in [0.15, 0.2) is 121 Å². The van der Waals surface area contributed by atoms with Crippen molar-refractivity contribution in [1.82, 2.24) is 0 Å². The van der Waals surface area contributed by atoms with Crippen LogP contribution in [0.5, 0.6) is 57.5 Å². The fourth-order valence-corrected chi connectivity index (χ4v) is 18.3. The predicted molar refractivity (Wildman–Crippen MR) is 571 cm³/mol. The Morgan fingerprint density at radius 3 is 0.875 bits per heavy atom. The van der Waals surface area contributed by atoms with Gasteiger partial charge in [0.15, 0.2) is 0 Å². The summed E-state index contributed by atoms with van der Waals surface area (Å²) in [4.78, 5) is 0. The maximum absolute atomic E-state index is 10.4. The molecule has 0 amide bonds. The lowest BCUT2D eigenvalue weighted by molar-refractivity contribution is 0.181. The van der Waals surface area contributed by atoms with Gasteiger partial charge in [0.25, 0.3) is 0 Å². The fourth-order valence-electron chi connectivity index (χ4n) is 18.3. The average molecular weight is 2010 g/mol. The largest absolute Gasteiger partial charge is 0.507 e. The molecule has 12 rings (SSSR count). The van der Waals surface area contributed by atoms with Crippen LogP contribution in [0.1, 0.15) is 273 Å². The highest BCUT2D eigenvalue weighted by Gasteiger charge is 2.25. The summed E-state index contributed by atoms with van der Waals surface area (Å²) >= 11 is 0. The lowest BCUT2D eigenvalue weighted by Crippen LogP contribution is -2.13. The third-order valence-electron chi connectivity index (χ3n) is 25.4. The van der Waals surface area contributed by atoms with Crippen LogP contribution in [0, 0.1) is 41.5 Å². The third-order valence-corrected chi connectivity index (χ3v) is 25.4. The zero-order valence-electron chi connectivity index (χ0n) is 88.7. The van der Waals surface area contributed by atoms with Crippen LogP contribution >= 0.6 is 0 Å². The van der Waals surface area contributed by atoms with E-state index in [1.807, 2.05) is 152 Å². The number of aryl methyl sites for hydroxylation is 7. The van der Waals surface area contributed by atoms with Crippen molar-refractivity contribution in [2.45, 2.75) is 274 Å². The third kappa shape index (κ3) is 39.7. The molecule has 0 bridgehead atoms. The van der Waals surface area contributed by atoms with E-state index in [4.69, 9.17) is 78.7 Å². The van der Waals surface area contributed by atoms with Gasteiger partial charge in [-0.3, -0.25) is 0 Å². The van der Waals surface area contributed by atoms with Gasteiger partial charge in [-0.1, -0.05) is 162 Å². The Kier molecular flexibility index (Phi) is 56.8. The van der Waals surface area contributed by atoms with Gasteiger partial charge in [0.2, 0.25) is 0 Å². The van der Waals surface area contributed by atoms with Gasteiger partial charge < -0.3 is 130 Å². The second-order valence-electron chi connectivity index (χ2n) is 38.2. The molecule has 2 aliphatic carbocycles. The van der Waals surface area contributed by atoms with Gasteiger partial charge in [-0.25, -0.2) is 0 Å². The van der Waals surface area contributed by atoms with Crippen molar-refractivity contribution in [3.05, 3.63) is 288 Å². The second-order valence-corrected chi connectivity index (χ2v) is 38.2. The summed E-state index contributed by atoms with van der Waals surface area (Å²) in [5.74, 6) is 3.76. The number of phenols is 10. The number of phenolic OH excluding ortho intramolecular Hbond substituents is 10. The molecule has 0 unspecified atom stereocenters. The van der Waals surface area contributed by atoms with Crippen molar-refractivity contribution in [2.24, 2.45) is 0 Å². The SMILES string of the molecule is CCc1cc(COC)cc(CCO)c1O.COCc1cc(C(C)(C)C)cc(CCO)c1O.COCc1cc(C)c(O)c(CCO)c1.COCc1cc(C)cc(CCO)c1O.COCc1cc(C)cc(Cc2cc(C)cc(CCO)c2O)c1O.COCc1cc(C2CCCCC2)cc(CCO)c1O.COCc1cc(CCO)cc(C2CCCCC2)c1O.COCc1cc(Cc2cc(C)c(O)c(CCO)c2)cc(C)c1O.[HH].[HH]. The van der Waals surface area contributed by atoms with E-state index >= 15 is 0 Å². The van der Waals surface area contributed by atoms with Crippen LogP contribution in [0.3, 0.4) is 0 Å². The monoisotopic (exact) mass is 2010 g/mol. The van der Waals surface area contributed by atoms with Gasteiger partial charge in [0.05, 0.1) is 52.9 Å². The Morgan fingerprint density at radius 1 is 0.243 bits per heavy atom. The smallest absolute Gasteiger partial charge is 0.124 e. The van der Waals surface area contributed by atoms with E-state index in [0.717, 1.165) is 181 Å². The van der Waals surface area contributed by atoms with Gasteiger partial charge in [0.1, 0.15) is 57.5 Å². The first-order valence-electron chi connectivity index (χ1n) is 50.0. The topological polar surface area (TPSA) is 438 Å². The average Bonchev–Trinajstić information content (AvgIpc) is 0.834. The first-order valence-corrected chi connectivity index (χ1v) is 50.0. The summed E-state index contributed by atoms with van der Waals surface area (Å²) in [5.41, 5.74) is 27.0. The zero-order valence-corrected chi connectivity index (χ0v) is 88.7. The number of hydrogen-bond donors (Lipinski definition) is 18. The molecule has 0 heterocycles. The van der Waals surface area contributed by atoms with Crippen molar-refractivity contribution in [3.63, 3.8) is 0 Å². The van der Waals surface area contributed by atoms with Gasteiger partial charge in [0, 0.05) is 152 Å². The lowest BCUT2D eigenvalue weighted by Gasteiger charge is -2.24. The van der Waals surface area contributed by atoms with Crippen molar-refractivity contribution in [3.8, 4) is 57.5 Å². The molecule has 800 valence electrons. The molecule has 0 aliphatic heterocycles. The number of benzene rings is 10. The molecule has 26 heteroatoms. The summed E-state index contributed by atoms with van der Waals surface area (Å²) < 4.78 is 40.7. The van der Waals surface area contributed by atoms with Crippen molar-refractivity contribution >= 4 is 0 Å². The minimum Gasteiger partial charge on any atom is -0.507 e. The fraction of sp³-hybridized carbons (Fsp3) is 0.492. The van der Waals surface area contributed by atoms with Gasteiger partial charge in [-0.05, 0) is 308 Å². The number of aromatic hydroxyl groups is 10. The normalized spacial score (nSPS) is 12.5. The predicted octanol–water partition coefficient (Wildman–Crippen LogP) is 19.5. The maximum atomic E-state index is 10.4. The summed E-state index contributed by atoms with van der Waals surface area (Å²) in [5, 5.41) is 173. The van der Waals surface area contributed by atoms with Crippen LogP contribution in [0.25, 0.3) is 0 Å². The molecule has 18 N–H and O–H groups in total. The first kappa shape index (κ1) is 124. The standard InChI is InChI=1S/2C19H24O4.2C16H24O3.C14H22O3.C12H18O3.2C11H16O3.2H2/c1-12-6-14(9-16(4-5-20)18(12)21)8-15-7-13(2)19(22)17(10-15)11-23-3;1-12-6-14(4-5-20)18(21)15(7-12)10-16-8-13(2)9-17(11-23-3)19(16)22;1-19-11-14-9-12(7-8-17)10-15(16(14)18)13-5-3-2-4-6-13;1-19-11-15-10-14(12-5-3-2-4-6-12)9-13(7-8-17)16(15)18;1-14(2,3)12-7-10(5-6-15)13(16)11(8-12)9-17-4;1-3-10-6-9(8-15-2)7-11(4-5-13)12(10)14;1-8-5-9(7-14-2)6-10(3-4-12)11(8)13;1-8-5-9(3-4-12)11(13)10(6-8)7-14-2;;/h6-7,9-10,20-22H,4-5,8,11H2,1-3H3;6-9,20-22H,4-5,10-11H2,1-3H3;9-10,13,17-18H,2-8,11H2,1H3;9-10,12,17-18H,2-8,11H2,1H3;7-8,15-16H,5-6,9H2,1-4H3;6-7,13-14H,3-5,8H2,1-2H3;2*5-6,12-13H,3-4,7H2,1-2H3;2*1H. The molecule has 10 aromatic carbocycles. The van der Waals surface area contributed by atoms with Crippen LogP contribution in [-0.2, 0) is 167 Å². The Balaban J connectivity index is 0.000000431. The highest BCUT2D eigenvalue weighted by atomic mass is 16.5. The lowest BCUT2D eigenvalue weighted by atomic mass is 9.82. The number of rotatable bonds is 39. The maximum Gasteiger partial charge on any atom is 0.124 e. The number of aliphatic hydroxyl groups excluding tert-OH is 8. The number of methoxy groups -OCH3 is 8. The quantitative estimate of drug-likeness (QED) is 0.0170. The summed E-state index contributed by atoms with van der Waals surface area (Å²) in [6.07, 6.45) is 18.3. The van der Waals surface area contributed by atoms with Gasteiger partial charge in [-0.2, -0.15) is 0 Å². The summed E-state index contributed by atoms with van der Waals surface area (Å²) in [7, 11) is 12.9. The molecule has 26 nitrogen and oxygen atoms in total. The number of aliphatic hydroxyl groups is 8. The van der Waals surface area contributed by atoms with E-state index in [2.05, 4.69) is 39.0 Å². The molecule has 2 saturated carbocycles. The molecule has 144 heavy (non-hydrogen) atoms. The van der Waals surface area contributed by atoms with Crippen molar-refractivity contribution in [2.75, 3.05) is 110 Å². The van der Waals surface area contributed by atoms with Crippen molar-refractivity contribution < 1.29 is 133 Å². The van der Waals surface area contributed by atoms with Crippen LogP contribution in [-0.4, -0.2) is 202 Å². The first-order chi connectivity index (χ1) is 68.9. The number of ether oxygens (including phenoxy) is 8. The van der Waals surface area contributed by atoms with Gasteiger partial charge in [-0.15, -0.1) is 0 Å². The molecule has 10 aromatic rings. The van der Waals surface area contributed by atoms with E-state index in [-0.39, 0.29) is 107 Å². The molecule has 2 fully saturated rings. The van der Waals surface area contributed by atoms with E-state index in [1.54, 1.807) is 56.9 Å². The minimum absolute atomic E-state index is 0. The second kappa shape index (κ2) is 65.9. The van der Waals surface area contributed by atoms with E-state index in [1.165, 1.54) is 56.9 Å². The molecule has 2 aliphatic rings. The molecule has 0 saturated heterocycles. The van der Waals surface area contributed by atoms with E-state index in [0.29, 0.717) is 140 Å². The number of hydrogen-bond acceptors (Lipinski definition) is 26. The highest BCUT2D eigenvalue weighted by molar-refractivity contribution is 5.54. The highest BCUT2D eigenvalue weighted by Crippen LogP contribution is 2.43. The zero-order chi connectivity index (χ0) is 107. The van der Waals surface area contributed by atoms with Crippen LogP contribution < -0.4 is 0 Å². The molecular weight excluding hydrogens is 1830 g/mol. The summed E-state index contributed by atoms with van der Waals surface area (Å²) in [6.45, 7) is 23.6.